The molecule has 0 aliphatic heterocycles. The number of hydrogen-bond donors (Lipinski definition) is 2. The van der Waals surface area contributed by atoms with E-state index in [9.17, 15) is 10.1 Å². The van der Waals surface area contributed by atoms with Gasteiger partial charge in [-0.05, 0) is 52.8 Å². The molecule has 1 heterocycles. The van der Waals surface area contributed by atoms with Crippen molar-refractivity contribution in [2.45, 2.75) is 24.7 Å². The van der Waals surface area contributed by atoms with Gasteiger partial charge in [0.05, 0.1) is 11.5 Å². The standard InChI is InChI=1S/C35H27N5O/c1-34(21-35(22-36)28-16-7-5-14-26(28)30(34)27-15-6-8-17-29(27)35)32(41)38-33-37-31(39-40-33)25-13-9-12-24(20-25)19-18-23-10-3-2-4-11-23/h2-20,30H,21H2,1H3,(H2,37,38,39,40,41)/b19-18+. The molecule has 8 rings (SSSR count). The summed E-state index contributed by atoms with van der Waals surface area (Å²) in [6.45, 7) is 1.96. The van der Waals surface area contributed by atoms with Crippen LogP contribution in [0.5, 0.6) is 0 Å². The van der Waals surface area contributed by atoms with Crippen LogP contribution in [-0.4, -0.2) is 21.1 Å². The molecule has 0 fully saturated rings. The molecule has 2 N–H and O–H groups in total. The summed E-state index contributed by atoms with van der Waals surface area (Å²) < 4.78 is 0. The van der Waals surface area contributed by atoms with E-state index >= 15 is 0 Å². The number of aromatic amines is 1. The van der Waals surface area contributed by atoms with Crippen LogP contribution in [-0.2, 0) is 10.2 Å². The Hall–Kier alpha value is -5.28. The molecule has 6 nitrogen and oxygen atoms in total. The molecule has 0 saturated carbocycles. The lowest BCUT2D eigenvalue weighted by Gasteiger charge is -2.54. The molecule has 2 bridgehead atoms. The zero-order chi connectivity index (χ0) is 28.0. The lowest BCUT2D eigenvalue weighted by atomic mass is 9.47. The topological polar surface area (TPSA) is 94.5 Å². The number of anilines is 1. The highest BCUT2D eigenvalue weighted by molar-refractivity contribution is 5.96. The first-order valence-corrected chi connectivity index (χ1v) is 13.7. The predicted molar refractivity (Wildman–Crippen MR) is 160 cm³/mol. The minimum atomic E-state index is -0.897. The number of aromatic nitrogens is 3. The van der Waals surface area contributed by atoms with E-state index in [2.05, 4.69) is 63.0 Å². The van der Waals surface area contributed by atoms with Crippen LogP contribution in [0.3, 0.4) is 0 Å². The summed E-state index contributed by atoms with van der Waals surface area (Å²) in [5.41, 5.74) is 5.31. The summed E-state index contributed by atoms with van der Waals surface area (Å²) in [5, 5.41) is 20.9. The lowest BCUT2D eigenvalue weighted by Crippen LogP contribution is -2.53. The molecule has 1 aromatic heterocycles. The van der Waals surface area contributed by atoms with Gasteiger partial charge in [-0.15, -0.1) is 5.10 Å². The molecule has 3 aliphatic rings. The number of nitrogens with zero attached hydrogens (tertiary/aromatic N) is 3. The van der Waals surface area contributed by atoms with E-state index in [1.165, 1.54) is 0 Å². The number of fused-ring (bicyclic) bond motifs is 1. The Morgan fingerprint density at radius 2 is 1.54 bits per heavy atom. The largest absolute Gasteiger partial charge is 0.293 e. The second kappa shape index (κ2) is 9.42. The molecular weight excluding hydrogens is 506 g/mol. The number of nitrogens with one attached hydrogen (secondary N) is 2. The van der Waals surface area contributed by atoms with Crippen molar-refractivity contribution >= 4 is 24.0 Å². The summed E-state index contributed by atoms with van der Waals surface area (Å²) in [7, 11) is 0. The molecule has 1 amide bonds. The van der Waals surface area contributed by atoms with E-state index in [4.69, 9.17) is 0 Å². The smallest absolute Gasteiger partial charge is 0.249 e. The molecule has 0 saturated heterocycles. The molecule has 0 spiro atoms. The van der Waals surface area contributed by atoms with Gasteiger partial charge < -0.3 is 0 Å². The molecule has 4 aromatic carbocycles. The maximum atomic E-state index is 14.1. The van der Waals surface area contributed by atoms with E-state index in [1.54, 1.807) is 0 Å². The third kappa shape index (κ3) is 3.89. The fourth-order valence-electron chi connectivity index (χ4n) is 6.73. The fraction of sp³-hybridized carbons (Fsp3) is 0.143. The normalized spacial score (nSPS) is 22.1. The fourth-order valence-corrected chi connectivity index (χ4v) is 6.73. The maximum absolute atomic E-state index is 14.1. The first kappa shape index (κ1) is 24.7. The van der Waals surface area contributed by atoms with Gasteiger partial charge >= 0.3 is 0 Å². The molecule has 1 unspecified atom stereocenters. The third-order valence-corrected chi connectivity index (χ3v) is 8.58. The second-order valence-corrected chi connectivity index (χ2v) is 11.1. The Morgan fingerprint density at radius 3 is 2.24 bits per heavy atom. The molecular formula is C35H27N5O. The number of amides is 1. The van der Waals surface area contributed by atoms with Crippen LogP contribution >= 0.6 is 0 Å². The second-order valence-electron chi connectivity index (χ2n) is 11.1. The van der Waals surface area contributed by atoms with E-state index in [0.29, 0.717) is 12.2 Å². The van der Waals surface area contributed by atoms with Gasteiger partial charge in [0.15, 0.2) is 5.82 Å². The third-order valence-electron chi connectivity index (χ3n) is 8.58. The van der Waals surface area contributed by atoms with Crippen LogP contribution in [0.15, 0.2) is 103 Å². The van der Waals surface area contributed by atoms with Crippen molar-refractivity contribution in [2.24, 2.45) is 5.41 Å². The van der Waals surface area contributed by atoms with Crippen molar-refractivity contribution in [3.8, 4) is 17.5 Å². The first-order chi connectivity index (χ1) is 20.0. The van der Waals surface area contributed by atoms with Gasteiger partial charge in [-0.1, -0.05) is 109 Å². The maximum Gasteiger partial charge on any atom is 0.249 e. The number of benzene rings is 4. The number of carbonyl (C=O) groups excluding carboxylic acids is 1. The average molecular weight is 534 g/mol. The van der Waals surface area contributed by atoms with Gasteiger partial charge in [-0.2, -0.15) is 10.2 Å². The van der Waals surface area contributed by atoms with Gasteiger partial charge in [0.25, 0.3) is 0 Å². The van der Waals surface area contributed by atoms with E-state index in [-0.39, 0.29) is 17.8 Å². The summed E-state index contributed by atoms with van der Waals surface area (Å²) in [6, 6.07) is 36.8. The Bertz CT molecular complexity index is 1820. The monoisotopic (exact) mass is 533 g/mol. The van der Waals surface area contributed by atoms with Gasteiger partial charge in [0, 0.05) is 11.5 Å². The molecule has 41 heavy (non-hydrogen) atoms. The number of rotatable bonds is 5. The summed E-state index contributed by atoms with van der Waals surface area (Å²) in [5.74, 6) is 0.396. The molecule has 1 atom stereocenters. The van der Waals surface area contributed by atoms with Crippen LogP contribution in [0.1, 0.15) is 52.6 Å². The van der Waals surface area contributed by atoms with Crippen molar-refractivity contribution in [3.63, 3.8) is 0 Å². The molecule has 3 aliphatic carbocycles. The molecule has 5 aromatic rings. The molecule has 198 valence electrons. The molecule has 0 radical (unpaired) electrons. The number of hydrogen-bond acceptors (Lipinski definition) is 4. The van der Waals surface area contributed by atoms with E-state index in [0.717, 1.165) is 38.9 Å². The van der Waals surface area contributed by atoms with Crippen LogP contribution in [0.4, 0.5) is 5.95 Å². The highest BCUT2D eigenvalue weighted by Crippen LogP contribution is 2.63. The summed E-state index contributed by atoms with van der Waals surface area (Å²) in [4.78, 5) is 18.7. The average Bonchev–Trinajstić information content (AvgIpc) is 3.49. The summed E-state index contributed by atoms with van der Waals surface area (Å²) in [6.07, 6.45) is 4.50. The summed E-state index contributed by atoms with van der Waals surface area (Å²) >= 11 is 0. The van der Waals surface area contributed by atoms with Crippen molar-refractivity contribution in [3.05, 3.63) is 137 Å². The van der Waals surface area contributed by atoms with Crippen LogP contribution in [0.25, 0.3) is 23.5 Å². The number of carbonyl (C=O) groups is 1. The predicted octanol–water partition coefficient (Wildman–Crippen LogP) is 6.95. The van der Waals surface area contributed by atoms with E-state index in [1.807, 2.05) is 85.8 Å². The lowest BCUT2D eigenvalue weighted by molar-refractivity contribution is -0.127. The minimum Gasteiger partial charge on any atom is -0.293 e. The van der Waals surface area contributed by atoms with Crippen molar-refractivity contribution in [1.82, 2.24) is 15.2 Å². The SMILES string of the molecule is CC1(C(=O)Nc2n[nH]c(-c3cccc(/C=C/c4ccccc4)c3)n2)CC2(C#N)c3ccccc3C1c1ccccc12. The Labute approximate surface area is 238 Å². The zero-order valence-electron chi connectivity index (χ0n) is 22.5. The van der Waals surface area contributed by atoms with Gasteiger partial charge in [-0.25, -0.2) is 0 Å². The molecule has 6 heteroatoms. The van der Waals surface area contributed by atoms with Gasteiger partial charge in [0.2, 0.25) is 11.9 Å². The Balaban J connectivity index is 1.18. The van der Waals surface area contributed by atoms with Crippen molar-refractivity contribution in [2.75, 3.05) is 5.32 Å². The number of H-pyrrole nitrogens is 1. The van der Waals surface area contributed by atoms with Crippen molar-refractivity contribution in [1.29, 1.82) is 5.26 Å². The quantitative estimate of drug-likeness (QED) is 0.239. The van der Waals surface area contributed by atoms with Gasteiger partial charge in [0.1, 0.15) is 5.41 Å². The van der Waals surface area contributed by atoms with E-state index < -0.39 is 10.8 Å². The van der Waals surface area contributed by atoms with Gasteiger partial charge in [-0.3, -0.25) is 15.2 Å². The van der Waals surface area contributed by atoms with Crippen LogP contribution in [0.2, 0.25) is 0 Å². The Morgan fingerprint density at radius 1 is 0.902 bits per heavy atom. The Kier molecular flexibility index (Phi) is 5.69. The highest BCUT2D eigenvalue weighted by Gasteiger charge is 2.61. The van der Waals surface area contributed by atoms with Crippen LogP contribution < -0.4 is 5.32 Å². The number of nitriles is 1. The minimum absolute atomic E-state index is 0.184. The first-order valence-electron chi connectivity index (χ1n) is 13.7. The highest BCUT2D eigenvalue weighted by atomic mass is 16.2. The van der Waals surface area contributed by atoms with Crippen LogP contribution in [0, 0.1) is 16.7 Å². The zero-order valence-corrected chi connectivity index (χ0v) is 22.5. The van der Waals surface area contributed by atoms with Crippen molar-refractivity contribution < 1.29 is 4.79 Å².